The van der Waals surface area contributed by atoms with Crippen LogP contribution in [0.1, 0.15) is 35.3 Å². The van der Waals surface area contributed by atoms with E-state index in [1.54, 1.807) is 0 Å². The van der Waals surface area contributed by atoms with Gasteiger partial charge in [-0.15, -0.1) is 0 Å². The number of hydrogen-bond donors (Lipinski definition) is 1. The van der Waals surface area contributed by atoms with Crippen molar-refractivity contribution >= 4 is 5.91 Å². The molecule has 0 bridgehead atoms. The van der Waals surface area contributed by atoms with E-state index in [-0.39, 0.29) is 11.6 Å². The van der Waals surface area contributed by atoms with E-state index >= 15 is 0 Å². The molecule has 1 aliphatic heterocycles. The molecule has 4 nitrogen and oxygen atoms in total. The molecule has 1 aromatic carbocycles. The third-order valence-electron chi connectivity index (χ3n) is 4.95. The first kappa shape index (κ1) is 18.5. The number of likely N-dealkylation sites (tertiary alicyclic amines) is 1. The van der Waals surface area contributed by atoms with Crippen molar-refractivity contribution in [3.63, 3.8) is 0 Å². The summed E-state index contributed by atoms with van der Waals surface area (Å²) in [6.45, 7) is 0.870. The summed E-state index contributed by atoms with van der Waals surface area (Å²) in [6.07, 6.45) is 3.22. The van der Waals surface area contributed by atoms with Gasteiger partial charge in [-0.25, -0.2) is 13.8 Å². The molecule has 1 atom stereocenters. The summed E-state index contributed by atoms with van der Waals surface area (Å²) in [5.41, 5.74) is 0.839. The fourth-order valence-electron chi connectivity index (χ4n) is 3.40. The topological polar surface area (TPSA) is 53.4 Å². The number of carbonyl (C=O) groups is 1. The largest absolute Gasteiger partial charge is 0.393 e. The number of amides is 1. The number of piperidine rings is 1. The second-order valence-electron chi connectivity index (χ2n) is 6.71. The maximum atomic E-state index is 13.7. The van der Waals surface area contributed by atoms with Crippen molar-refractivity contribution < 1.29 is 18.7 Å². The van der Waals surface area contributed by atoms with Gasteiger partial charge >= 0.3 is 0 Å². The zero-order valence-electron chi connectivity index (χ0n) is 14.4. The Labute approximate surface area is 151 Å². The molecule has 0 unspecified atom stereocenters. The predicted octanol–water partition coefficient (Wildman–Crippen LogP) is 3.21. The van der Waals surface area contributed by atoms with E-state index in [4.69, 9.17) is 0 Å². The molecule has 2 aromatic rings. The number of pyridine rings is 1. The highest BCUT2D eigenvalue weighted by molar-refractivity contribution is 5.92. The lowest BCUT2D eigenvalue weighted by Crippen LogP contribution is -2.42. The van der Waals surface area contributed by atoms with Gasteiger partial charge in [-0.1, -0.05) is 30.3 Å². The Morgan fingerprint density at radius 1 is 1.23 bits per heavy atom. The van der Waals surface area contributed by atoms with Crippen LogP contribution in [0.5, 0.6) is 0 Å². The number of aliphatic hydroxyl groups excluding tert-OH is 1. The van der Waals surface area contributed by atoms with Crippen LogP contribution in [-0.2, 0) is 6.42 Å². The van der Waals surface area contributed by atoms with E-state index < -0.39 is 23.6 Å². The zero-order chi connectivity index (χ0) is 18.5. The van der Waals surface area contributed by atoms with Crippen molar-refractivity contribution in [3.05, 3.63) is 65.5 Å². The van der Waals surface area contributed by atoms with Crippen molar-refractivity contribution in [2.45, 2.75) is 31.8 Å². The van der Waals surface area contributed by atoms with Crippen molar-refractivity contribution in [3.8, 4) is 0 Å². The van der Waals surface area contributed by atoms with Gasteiger partial charge in [-0.05, 0) is 37.2 Å². The molecule has 0 saturated carbocycles. The maximum absolute atomic E-state index is 13.7. The Bertz CT molecular complexity index is 747. The Morgan fingerprint density at radius 2 is 1.92 bits per heavy atom. The molecule has 0 spiro atoms. The zero-order valence-corrected chi connectivity index (χ0v) is 14.4. The molecule has 1 aliphatic rings. The monoisotopic (exact) mass is 360 g/mol. The maximum Gasteiger partial charge on any atom is 0.275 e. The van der Waals surface area contributed by atoms with Gasteiger partial charge in [0.2, 0.25) is 0 Å². The van der Waals surface area contributed by atoms with E-state index in [9.17, 15) is 18.7 Å². The fraction of sp³-hybridized carbons (Fsp3) is 0.400. The Hall–Kier alpha value is -2.34. The first-order chi connectivity index (χ1) is 12.5. The van der Waals surface area contributed by atoms with E-state index in [0.29, 0.717) is 38.4 Å². The molecule has 6 heteroatoms. The highest BCUT2D eigenvalue weighted by atomic mass is 19.1. The minimum atomic E-state index is -0.944. The number of halogens is 2. The molecule has 0 radical (unpaired) electrons. The molecule has 1 saturated heterocycles. The van der Waals surface area contributed by atoms with Gasteiger partial charge < -0.3 is 10.0 Å². The molecule has 2 heterocycles. The molecular weight excluding hydrogens is 338 g/mol. The third kappa shape index (κ3) is 4.43. The molecule has 138 valence electrons. The lowest BCUT2D eigenvalue weighted by atomic mass is 9.88. The third-order valence-corrected chi connectivity index (χ3v) is 4.95. The number of benzene rings is 1. The van der Waals surface area contributed by atoms with Gasteiger partial charge in [0, 0.05) is 19.2 Å². The van der Waals surface area contributed by atoms with Crippen LogP contribution in [0.4, 0.5) is 8.78 Å². The molecule has 0 aliphatic carbocycles. The molecule has 26 heavy (non-hydrogen) atoms. The first-order valence-electron chi connectivity index (χ1n) is 8.87. The van der Waals surface area contributed by atoms with E-state index in [0.717, 1.165) is 12.6 Å². The average molecular weight is 360 g/mol. The lowest BCUT2D eigenvalue weighted by molar-refractivity contribution is 0.0430. The van der Waals surface area contributed by atoms with Crippen LogP contribution in [0.3, 0.4) is 0 Å². The van der Waals surface area contributed by atoms with Crippen LogP contribution in [0.15, 0.2) is 42.6 Å². The van der Waals surface area contributed by atoms with E-state index in [1.165, 1.54) is 10.5 Å². The lowest BCUT2D eigenvalue weighted by Gasteiger charge is -2.34. The Kier molecular flexibility index (Phi) is 5.93. The standard InChI is InChI=1S/C20H22F2N2O2/c21-16-12-17(22)19(23-13-16)20(26)24-10-8-15(9-11-24)18(25)7-6-14-4-2-1-3-5-14/h1-5,12-13,15,18,25H,6-11H2/t18-/m1/s1. The van der Waals surface area contributed by atoms with Gasteiger partial charge in [-0.3, -0.25) is 4.79 Å². The number of nitrogens with zero attached hydrogens (tertiary/aromatic N) is 2. The smallest absolute Gasteiger partial charge is 0.275 e. The molecular formula is C20H22F2N2O2. The van der Waals surface area contributed by atoms with Gasteiger partial charge in [0.25, 0.3) is 5.91 Å². The summed E-state index contributed by atoms with van der Waals surface area (Å²) in [5.74, 6) is -2.16. The van der Waals surface area contributed by atoms with Gasteiger partial charge in [-0.2, -0.15) is 0 Å². The number of aromatic nitrogens is 1. The molecule has 3 rings (SSSR count). The predicted molar refractivity (Wildman–Crippen MR) is 93.6 cm³/mol. The Morgan fingerprint density at radius 3 is 2.58 bits per heavy atom. The molecule has 1 amide bonds. The number of carbonyl (C=O) groups excluding carboxylic acids is 1. The molecule has 1 aromatic heterocycles. The second-order valence-corrected chi connectivity index (χ2v) is 6.71. The Balaban J connectivity index is 1.51. The first-order valence-corrected chi connectivity index (χ1v) is 8.87. The van der Waals surface area contributed by atoms with Crippen LogP contribution in [0.2, 0.25) is 0 Å². The number of hydrogen-bond acceptors (Lipinski definition) is 3. The highest BCUT2D eigenvalue weighted by Gasteiger charge is 2.29. The number of aliphatic hydroxyl groups is 1. The fourth-order valence-corrected chi connectivity index (χ4v) is 3.40. The molecule has 1 N–H and O–H groups in total. The van der Waals surface area contributed by atoms with E-state index in [1.807, 2.05) is 30.3 Å². The van der Waals surface area contributed by atoms with Crippen molar-refractivity contribution in [2.75, 3.05) is 13.1 Å². The summed E-state index contributed by atoms with van der Waals surface area (Å²) in [6, 6.07) is 10.7. The minimum absolute atomic E-state index is 0.119. The summed E-state index contributed by atoms with van der Waals surface area (Å²) >= 11 is 0. The minimum Gasteiger partial charge on any atom is -0.393 e. The summed E-state index contributed by atoms with van der Waals surface area (Å²) in [7, 11) is 0. The SMILES string of the molecule is O=C(c1ncc(F)cc1F)N1CCC([C@H](O)CCc2ccccc2)CC1. The van der Waals surface area contributed by atoms with Gasteiger partial charge in [0.05, 0.1) is 12.3 Å². The second kappa shape index (κ2) is 8.36. The van der Waals surface area contributed by atoms with Crippen LogP contribution >= 0.6 is 0 Å². The van der Waals surface area contributed by atoms with E-state index in [2.05, 4.69) is 4.98 Å². The van der Waals surface area contributed by atoms with Gasteiger partial charge in [0.1, 0.15) is 5.82 Å². The highest BCUT2D eigenvalue weighted by Crippen LogP contribution is 2.24. The summed E-state index contributed by atoms with van der Waals surface area (Å²) in [4.78, 5) is 17.5. The average Bonchev–Trinajstić information content (AvgIpc) is 2.66. The molecule has 1 fully saturated rings. The van der Waals surface area contributed by atoms with Gasteiger partial charge in [0.15, 0.2) is 11.5 Å². The van der Waals surface area contributed by atoms with Crippen LogP contribution in [0.25, 0.3) is 0 Å². The van der Waals surface area contributed by atoms with Crippen molar-refractivity contribution in [1.82, 2.24) is 9.88 Å². The summed E-state index contributed by atoms with van der Waals surface area (Å²) in [5, 5.41) is 10.4. The summed E-state index contributed by atoms with van der Waals surface area (Å²) < 4.78 is 26.7. The van der Waals surface area contributed by atoms with Crippen LogP contribution in [-0.4, -0.2) is 40.1 Å². The van der Waals surface area contributed by atoms with Crippen molar-refractivity contribution in [1.29, 1.82) is 0 Å². The number of rotatable bonds is 5. The normalized spacial score (nSPS) is 16.5. The quantitative estimate of drug-likeness (QED) is 0.891. The van der Waals surface area contributed by atoms with Crippen LogP contribution in [0, 0.1) is 17.6 Å². The van der Waals surface area contributed by atoms with Crippen LogP contribution < -0.4 is 0 Å². The van der Waals surface area contributed by atoms with Crippen molar-refractivity contribution in [2.24, 2.45) is 5.92 Å². The number of aryl methyl sites for hydroxylation is 1.